The number of aryl methyl sites for hydroxylation is 1. The molecule has 1 N–H and O–H groups in total. The smallest absolute Gasteiger partial charge is 0.119 e. The molecule has 0 aliphatic heterocycles. The minimum absolute atomic E-state index is 0.164. The molecule has 2 nitrogen and oxygen atoms in total. The number of nitrogens with one attached hydrogen (secondary N) is 1. The van der Waals surface area contributed by atoms with Crippen molar-refractivity contribution in [3.8, 4) is 0 Å². The number of rotatable bonds is 4. The van der Waals surface area contributed by atoms with E-state index < -0.39 is 0 Å². The topological polar surface area (TPSA) is 15.3 Å². The zero-order chi connectivity index (χ0) is 17.2. The lowest BCUT2D eigenvalue weighted by molar-refractivity contribution is 0.590. The minimum Gasteiger partial charge on any atom is -0.386 e. The van der Waals surface area contributed by atoms with Gasteiger partial charge < -0.3 is 10.2 Å². The molecule has 23 heavy (non-hydrogen) atoms. The monoisotopic (exact) mass is 306 g/mol. The molecule has 2 aromatic rings. The standard InChI is InChI=1S/C20H27BN2/c1-7-22-17-12-14(2)13-18(19(17)21)23(6)16-10-8-15(9-11-16)20(3,4)5/h8-13,22H,7H2,1-6H3. The highest BCUT2D eigenvalue weighted by atomic mass is 15.1. The summed E-state index contributed by atoms with van der Waals surface area (Å²) in [6.07, 6.45) is 0. The maximum Gasteiger partial charge on any atom is 0.119 e. The van der Waals surface area contributed by atoms with Crippen molar-refractivity contribution in [2.45, 2.75) is 40.0 Å². The lowest BCUT2D eigenvalue weighted by atomic mass is 9.87. The second-order valence-corrected chi connectivity index (χ2v) is 7.13. The maximum absolute atomic E-state index is 6.37. The summed E-state index contributed by atoms with van der Waals surface area (Å²) in [5.41, 5.74) is 6.66. The highest BCUT2D eigenvalue weighted by Crippen LogP contribution is 2.28. The molecule has 0 aromatic heterocycles. The molecule has 0 saturated heterocycles. The van der Waals surface area contributed by atoms with E-state index >= 15 is 0 Å². The Kier molecular flexibility index (Phi) is 5.08. The molecule has 0 aliphatic rings. The summed E-state index contributed by atoms with van der Waals surface area (Å²) >= 11 is 0. The lowest BCUT2D eigenvalue weighted by Crippen LogP contribution is -2.23. The summed E-state index contributed by atoms with van der Waals surface area (Å²) in [6.45, 7) is 11.7. The Hall–Kier alpha value is -1.90. The Morgan fingerprint density at radius 2 is 1.70 bits per heavy atom. The van der Waals surface area contributed by atoms with Gasteiger partial charge in [-0.1, -0.05) is 38.4 Å². The molecule has 0 bridgehead atoms. The molecule has 2 radical (unpaired) electrons. The molecule has 0 amide bonds. The van der Waals surface area contributed by atoms with Gasteiger partial charge in [-0.15, -0.1) is 0 Å². The lowest BCUT2D eigenvalue weighted by Gasteiger charge is -2.26. The van der Waals surface area contributed by atoms with Crippen LogP contribution in [0.2, 0.25) is 0 Å². The molecular weight excluding hydrogens is 279 g/mol. The van der Waals surface area contributed by atoms with Gasteiger partial charge in [0, 0.05) is 30.7 Å². The van der Waals surface area contributed by atoms with E-state index in [9.17, 15) is 0 Å². The van der Waals surface area contributed by atoms with Crippen LogP contribution < -0.4 is 15.7 Å². The summed E-state index contributed by atoms with van der Waals surface area (Å²) < 4.78 is 0. The summed E-state index contributed by atoms with van der Waals surface area (Å²) in [7, 11) is 8.43. The third-order valence-electron chi connectivity index (χ3n) is 4.15. The largest absolute Gasteiger partial charge is 0.386 e. The first-order valence-electron chi connectivity index (χ1n) is 8.22. The van der Waals surface area contributed by atoms with Crippen LogP contribution in [0.3, 0.4) is 0 Å². The van der Waals surface area contributed by atoms with E-state index in [2.05, 4.69) is 88.3 Å². The molecule has 0 aliphatic carbocycles. The van der Waals surface area contributed by atoms with Gasteiger partial charge in [0.25, 0.3) is 0 Å². The van der Waals surface area contributed by atoms with Crippen LogP contribution in [0.5, 0.6) is 0 Å². The van der Waals surface area contributed by atoms with Crippen LogP contribution >= 0.6 is 0 Å². The van der Waals surface area contributed by atoms with Crippen molar-refractivity contribution in [1.29, 1.82) is 0 Å². The molecule has 0 unspecified atom stereocenters. The summed E-state index contributed by atoms with van der Waals surface area (Å²) in [5.74, 6) is 0. The van der Waals surface area contributed by atoms with Crippen molar-refractivity contribution in [2.24, 2.45) is 0 Å². The van der Waals surface area contributed by atoms with Crippen LogP contribution in [0.25, 0.3) is 0 Å². The van der Waals surface area contributed by atoms with E-state index in [0.29, 0.717) is 0 Å². The van der Waals surface area contributed by atoms with Crippen molar-refractivity contribution < 1.29 is 0 Å². The van der Waals surface area contributed by atoms with Crippen LogP contribution in [-0.4, -0.2) is 21.4 Å². The van der Waals surface area contributed by atoms with Gasteiger partial charge in [0.05, 0.1) is 0 Å². The van der Waals surface area contributed by atoms with Crippen molar-refractivity contribution in [3.05, 3.63) is 47.5 Å². The predicted octanol–water partition coefficient (Wildman–Crippen LogP) is 4.29. The Balaban J connectivity index is 2.38. The third kappa shape index (κ3) is 3.90. The van der Waals surface area contributed by atoms with E-state index in [0.717, 1.165) is 29.1 Å². The van der Waals surface area contributed by atoms with E-state index in [1.165, 1.54) is 11.1 Å². The second-order valence-electron chi connectivity index (χ2n) is 7.13. The van der Waals surface area contributed by atoms with Gasteiger partial charge in [0.1, 0.15) is 7.85 Å². The molecule has 0 atom stereocenters. The van der Waals surface area contributed by atoms with Crippen LogP contribution in [0, 0.1) is 6.92 Å². The molecule has 120 valence electrons. The fourth-order valence-electron chi connectivity index (χ4n) is 2.72. The van der Waals surface area contributed by atoms with Crippen molar-refractivity contribution in [1.82, 2.24) is 0 Å². The summed E-state index contributed by atoms with van der Waals surface area (Å²) in [6, 6.07) is 12.9. The van der Waals surface area contributed by atoms with E-state index in [1.807, 2.05) is 0 Å². The number of hydrogen-bond acceptors (Lipinski definition) is 2. The van der Waals surface area contributed by atoms with Crippen LogP contribution in [0.1, 0.15) is 38.8 Å². The summed E-state index contributed by atoms with van der Waals surface area (Å²) in [5, 5.41) is 3.34. The first kappa shape index (κ1) is 17.5. The van der Waals surface area contributed by atoms with Gasteiger partial charge in [0.2, 0.25) is 0 Å². The Labute approximate surface area is 142 Å². The predicted molar refractivity (Wildman–Crippen MR) is 104 cm³/mol. The average Bonchev–Trinajstić information content (AvgIpc) is 2.49. The van der Waals surface area contributed by atoms with Crippen LogP contribution in [0.15, 0.2) is 36.4 Å². The number of nitrogens with zero attached hydrogens (tertiary/aromatic N) is 1. The Morgan fingerprint density at radius 1 is 1.09 bits per heavy atom. The molecule has 0 spiro atoms. The quantitative estimate of drug-likeness (QED) is 0.848. The van der Waals surface area contributed by atoms with Crippen molar-refractivity contribution in [2.75, 3.05) is 23.8 Å². The SMILES string of the molecule is [B]c1c(NCC)cc(C)cc1N(C)c1ccc(C(C)(C)C)cc1. The van der Waals surface area contributed by atoms with Gasteiger partial charge >= 0.3 is 0 Å². The minimum atomic E-state index is 0.164. The molecule has 0 heterocycles. The number of benzene rings is 2. The van der Waals surface area contributed by atoms with Crippen molar-refractivity contribution >= 4 is 30.4 Å². The highest BCUT2D eigenvalue weighted by Gasteiger charge is 2.15. The van der Waals surface area contributed by atoms with E-state index in [-0.39, 0.29) is 5.41 Å². The highest BCUT2D eigenvalue weighted by molar-refractivity contribution is 6.39. The van der Waals surface area contributed by atoms with E-state index in [1.54, 1.807) is 0 Å². The zero-order valence-electron chi connectivity index (χ0n) is 15.2. The van der Waals surface area contributed by atoms with Gasteiger partial charge in [-0.05, 0) is 54.7 Å². The van der Waals surface area contributed by atoms with Crippen LogP contribution in [-0.2, 0) is 5.41 Å². The van der Waals surface area contributed by atoms with Crippen molar-refractivity contribution in [3.63, 3.8) is 0 Å². The van der Waals surface area contributed by atoms with Gasteiger partial charge in [0.15, 0.2) is 0 Å². The van der Waals surface area contributed by atoms with Gasteiger partial charge in [-0.3, -0.25) is 0 Å². The average molecular weight is 306 g/mol. The molecular formula is C20H27BN2. The molecule has 0 saturated carbocycles. The number of hydrogen-bond donors (Lipinski definition) is 1. The molecule has 0 fully saturated rings. The maximum atomic E-state index is 6.37. The van der Waals surface area contributed by atoms with E-state index in [4.69, 9.17) is 7.85 Å². The van der Waals surface area contributed by atoms with Gasteiger partial charge in [-0.2, -0.15) is 0 Å². The first-order valence-corrected chi connectivity index (χ1v) is 8.22. The second kappa shape index (κ2) is 6.70. The molecule has 3 heteroatoms. The van der Waals surface area contributed by atoms with Crippen LogP contribution in [0.4, 0.5) is 17.1 Å². The first-order chi connectivity index (χ1) is 10.7. The number of anilines is 3. The molecule has 2 aromatic carbocycles. The normalized spacial score (nSPS) is 11.4. The Bertz CT molecular complexity index is 669. The third-order valence-corrected chi connectivity index (χ3v) is 4.15. The summed E-state index contributed by atoms with van der Waals surface area (Å²) in [4.78, 5) is 2.15. The molecule has 2 rings (SSSR count). The fourth-order valence-corrected chi connectivity index (χ4v) is 2.72. The van der Waals surface area contributed by atoms with Gasteiger partial charge in [-0.25, -0.2) is 0 Å². The zero-order valence-corrected chi connectivity index (χ0v) is 15.2. The fraction of sp³-hybridized carbons (Fsp3) is 0.400. The Morgan fingerprint density at radius 3 is 2.22 bits per heavy atom.